The first-order chi connectivity index (χ1) is 22.6. The molecule has 47 heavy (non-hydrogen) atoms. The van der Waals surface area contributed by atoms with Crippen LogP contribution in [-0.2, 0) is 17.8 Å². The molecular weight excluding hydrogens is 631 g/mol. The van der Waals surface area contributed by atoms with Gasteiger partial charge in [-0.1, -0.05) is 42.4 Å². The molecule has 3 fully saturated rings. The molecule has 7 rings (SSSR count). The van der Waals surface area contributed by atoms with Crippen molar-refractivity contribution >= 4 is 39.8 Å². The Bertz CT molecular complexity index is 1780. The van der Waals surface area contributed by atoms with Gasteiger partial charge in [-0.3, -0.25) is 9.69 Å². The summed E-state index contributed by atoms with van der Waals surface area (Å²) in [6.45, 7) is 5.39. The zero-order valence-electron chi connectivity index (χ0n) is 25.9. The number of carbonyl (C=O) groups is 1. The summed E-state index contributed by atoms with van der Waals surface area (Å²) in [4.78, 5) is 29.7. The van der Waals surface area contributed by atoms with Gasteiger partial charge in [0.1, 0.15) is 12.4 Å². The third-order valence-electron chi connectivity index (χ3n) is 10.0. The summed E-state index contributed by atoms with van der Waals surface area (Å²) in [5, 5.41) is 12.1. The number of piperazine rings is 1. The molecule has 4 aliphatic rings. The maximum Gasteiger partial charge on any atom is 0.318 e. The summed E-state index contributed by atoms with van der Waals surface area (Å²) >= 11 is 6.68. The number of hydrogen-bond donors (Lipinski definition) is 0. The van der Waals surface area contributed by atoms with Crippen LogP contribution in [0.2, 0.25) is 5.02 Å². The summed E-state index contributed by atoms with van der Waals surface area (Å²) in [5.41, 5.74) is 1.86. The van der Waals surface area contributed by atoms with Crippen LogP contribution in [0.1, 0.15) is 36.9 Å². The van der Waals surface area contributed by atoms with E-state index in [1.807, 2.05) is 46.2 Å². The Morgan fingerprint density at radius 3 is 2.72 bits per heavy atom. The van der Waals surface area contributed by atoms with E-state index < -0.39 is 29.2 Å². The molecule has 1 aromatic heterocycles. The molecule has 0 bridgehead atoms. The number of carbonyl (C=O) groups excluding carboxylic acids is 1. The van der Waals surface area contributed by atoms with Gasteiger partial charge in [-0.05, 0) is 43.3 Å². The van der Waals surface area contributed by atoms with E-state index in [-0.39, 0.29) is 45.1 Å². The van der Waals surface area contributed by atoms with Crippen LogP contribution in [0.4, 0.5) is 24.7 Å². The van der Waals surface area contributed by atoms with Crippen molar-refractivity contribution in [3.8, 4) is 12.1 Å². The summed E-state index contributed by atoms with van der Waals surface area (Å²) in [6, 6.07) is 13.5. The van der Waals surface area contributed by atoms with Crippen molar-refractivity contribution < 1.29 is 22.7 Å². The Balaban J connectivity index is 1.23. The molecule has 2 atom stereocenters. The number of nitriles is 1. The van der Waals surface area contributed by atoms with Crippen LogP contribution in [0.15, 0.2) is 48.8 Å². The van der Waals surface area contributed by atoms with Gasteiger partial charge in [0.05, 0.1) is 47.9 Å². The first-order valence-corrected chi connectivity index (χ1v) is 16.3. The zero-order chi connectivity index (χ0) is 32.9. The number of hydrogen-bond acceptors (Lipinski definition) is 8. The van der Waals surface area contributed by atoms with Crippen molar-refractivity contribution in [2.24, 2.45) is 0 Å². The van der Waals surface area contributed by atoms with E-state index in [1.165, 1.54) is 4.90 Å². The number of amides is 1. The molecule has 13 heteroatoms. The van der Waals surface area contributed by atoms with Crippen LogP contribution < -0.4 is 14.5 Å². The highest BCUT2D eigenvalue weighted by molar-refractivity contribution is 6.36. The highest BCUT2D eigenvalue weighted by Gasteiger charge is 2.57. The fraction of sp³-hybridized carbons (Fsp3) is 0.471. The molecule has 0 unspecified atom stereocenters. The lowest BCUT2D eigenvalue weighted by Gasteiger charge is -2.42. The second kappa shape index (κ2) is 12.2. The molecule has 0 N–H and O–H groups in total. The topological polar surface area (TPSA) is 88.8 Å². The predicted octanol–water partition coefficient (Wildman–Crippen LogP) is 5.51. The van der Waals surface area contributed by atoms with E-state index >= 15 is 0 Å². The van der Waals surface area contributed by atoms with E-state index in [0.717, 1.165) is 34.1 Å². The van der Waals surface area contributed by atoms with Gasteiger partial charge in [-0.15, -0.1) is 0 Å². The van der Waals surface area contributed by atoms with Crippen molar-refractivity contribution in [1.29, 1.82) is 5.26 Å². The maximum atomic E-state index is 14.5. The summed E-state index contributed by atoms with van der Waals surface area (Å²) in [6.07, 6.45) is 1.78. The van der Waals surface area contributed by atoms with Crippen LogP contribution in [0, 0.1) is 11.3 Å². The van der Waals surface area contributed by atoms with Crippen LogP contribution in [0.25, 0.3) is 10.8 Å². The summed E-state index contributed by atoms with van der Waals surface area (Å²) in [7, 11) is 0. The molecule has 2 aromatic carbocycles. The van der Waals surface area contributed by atoms with Gasteiger partial charge in [-0.25, -0.2) is 13.2 Å². The average Bonchev–Trinajstić information content (AvgIpc) is 3.54. The molecule has 3 aromatic rings. The number of benzene rings is 2. The fourth-order valence-corrected chi connectivity index (χ4v) is 8.16. The van der Waals surface area contributed by atoms with E-state index in [1.54, 1.807) is 0 Å². The number of fused-ring (bicyclic) bond motifs is 3. The molecule has 9 nitrogen and oxygen atoms in total. The van der Waals surface area contributed by atoms with Gasteiger partial charge < -0.3 is 19.4 Å². The van der Waals surface area contributed by atoms with Gasteiger partial charge >= 0.3 is 6.01 Å². The van der Waals surface area contributed by atoms with Crippen molar-refractivity contribution in [3.05, 3.63) is 65.1 Å². The minimum Gasteiger partial charge on any atom is -0.461 e. The van der Waals surface area contributed by atoms with Gasteiger partial charge in [0.25, 0.3) is 11.8 Å². The van der Waals surface area contributed by atoms with Crippen LogP contribution >= 0.6 is 11.6 Å². The fourth-order valence-electron chi connectivity index (χ4n) is 7.88. The minimum atomic E-state index is -2.77. The lowest BCUT2D eigenvalue weighted by atomic mass is 9.94. The number of ether oxygens (including phenoxy) is 1. The van der Waals surface area contributed by atoms with Gasteiger partial charge in [0.15, 0.2) is 5.83 Å². The Hall–Kier alpha value is -4.08. The van der Waals surface area contributed by atoms with Crippen molar-refractivity contribution in [2.45, 2.75) is 56.2 Å². The average molecular weight is 666 g/mol. The lowest BCUT2D eigenvalue weighted by molar-refractivity contribution is -0.131. The molecule has 5 heterocycles. The monoisotopic (exact) mass is 665 g/mol. The molecule has 1 amide bonds. The highest BCUT2D eigenvalue weighted by Crippen LogP contribution is 2.46. The largest absolute Gasteiger partial charge is 0.461 e. The molecule has 0 saturated carbocycles. The number of rotatable bonds is 7. The van der Waals surface area contributed by atoms with Crippen LogP contribution in [0.5, 0.6) is 6.01 Å². The Morgan fingerprint density at radius 2 is 1.94 bits per heavy atom. The molecule has 0 aliphatic carbocycles. The van der Waals surface area contributed by atoms with Gasteiger partial charge in [-0.2, -0.15) is 15.2 Å². The Kier molecular flexibility index (Phi) is 8.17. The standard InChI is InChI=1S/C34H35ClF3N7O2/c1-22(36)31(46)45-16-15-43(17-24(45)9-12-39)30-25-10-14-42(28-8-3-6-23-5-2-7-26(35)29(23)28)18-27(25)40-32(41-30)47-21-33-11-4-13-44(33)20-34(37,38)19-33/h2-3,5-8,24H,1,4,9-11,13-21H2/t24-,33-/m0/s1. The zero-order valence-corrected chi connectivity index (χ0v) is 26.7. The van der Waals surface area contributed by atoms with E-state index in [0.29, 0.717) is 49.9 Å². The maximum absolute atomic E-state index is 14.5. The van der Waals surface area contributed by atoms with Crippen molar-refractivity contribution in [1.82, 2.24) is 19.8 Å². The highest BCUT2D eigenvalue weighted by atomic mass is 35.5. The first-order valence-electron chi connectivity index (χ1n) is 15.9. The second-order valence-electron chi connectivity index (χ2n) is 13.0. The molecule has 0 spiro atoms. The van der Waals surface area contributed by atoms with Crippen LogP contribution in [0.3, 0.4) is 0 Å². The van der Waals surface area contributed by atoms with Crippen molar-refractivity contribution in [2.75, 3.05) is 55.7 Å². The van der Waals surface area contributed by atoms with Crippen molar-refractivity contribution in [3.63, 3.8) is 0 Å². The SMILES string of the molecule is C=C(F)C(=O)N1CCN(c2nc(OC[C@@]34CCCN3CC(F)(F)C4)nc3c2CCN(c2cccc4cccc(Cl)c24)C3)C[C@@H]1CC#N. The Labute approximate surface area is 276 Å². The lowest BCUT2D eigenvalue weighted by Crippen LogP contribution is -2.55. The van der Waals surface area contributed by atoms with E-state index in [4.69, 9.17) is 26.3 Å². The number of nitrogens with zero attached hydrogens (tertiary/aromatic N) is 7. The predicted molar refractivity (Wildman–Crippen MR) is 173 cm³/mol. The normalized spacial score (nSPS) is 23.8. The van der Waals surface area contributed by atoms with Crippen LogP contribution in [-0.4, -0.2) is 89.1 Å². The molecule has 3 saturated heterocycles. The Morgan fingerprint density at radius 1 is 1.13 bits per heavy atom. The second-order valence-corrected chi connectivity index (χ2v) is 13.4. The van der Waals surface area contributed by atoms with E-state index in [9.17, 15) is 23.2 Å². The molecule has 0 radical (unpaired) electrons. The quantitative estimate of drug-likeness (QED) is 0.305. The summed E-state index contributed by atoms with van der Waals surface area (Å²) in [5.74, 6) is -4.05. The molecular formula is C34H35ClF3N7O2. The smallest absolute Gasteiger partial charge is 0.318 e. The van der Waals surface area contributed by atoms with E-state index in [2.05, 4.69) is 17.5 Å². The number of anilines is 2. The number of halogens is 4. The number of aromatic nitrogens is 2. The number of alkyl halides is 2. The summed E-state index contributed by atoms with van der Waals surface area (Å²) < 4.78 is 49.1. The van der Waals surface area contributed by atoms with Gasteiger partial charge in [0, 0.05) is 49.2 Å². The van der Waals surface area contributed by atoms with Gasteiger partial charge in [0.2, 0.25) is 0 Å². The molecule has 246 valence electrons. The third kappa shape index (κ3) is 5.84. The molecule has 4 aliphatic heterocycles. The third-order valence-corrected chi connectivity index (χ3v) is 10.3. The first kappa shape index (κ1) is 31.5. The minimum absolute atomic E-state index is 0.00827.